The van der Waals surface area contributed by atoms with Gasteiger partial charge < -0.3 is 10.7 Å². The summed E-state index contributed by atoms with van der Waals surface area (Å²) in [7, 11) is 0. The first-order valence-corrected chi connectivity index (χ1v) is 7.57. The fourth-order valence-electron chi connectivity index (χ4n) is 3.80. The van der Waals surface area contributed by atoms with E-state index in [9.17, 15) is 20.2 Å². The van der Waals surface area contributed by atoms with E-state index in [0.717, 1.165) is 0 Å². The lowest BCUT2D eigenvalue weighted by atomic mass is 9.55. The Kier molecular flexibility index (Phi) is 3.89. The standard InChI is InChI=1S/C18H14FN5/c19-15-4-2-1-3-11(15)16-12(7-20)17(23)18(9-21,10-22)14-5-6-24-8-13(14)16/h1-5,12-13,16,23-24H,6,8H2. The lowest BCUT2D eigenvalue weighted by molar-refractivity contribution is 0.348. The Labute approximate surface area is 139 Å². The van der Waals surface area contributed by atoms with E-state index in [0.29, 0.717) is 24.2 Å². The van der Waals surface area contributed by atoms with Gasteiger partial charge in [-0.05, 0) is 17.2 Å². The quantitative estimate of drug-likeness (QED) is 0.774. The van der Waals surface area contributed by atoms with Gasteiger partial charge in [0.15, 0.2) is 0 Å². The number of nitriles is 3. The molecule has 3 atom stereocenters. The Balaban J connectivity index is 2.25. The molecule has 2 N–H and O–H groups in total. The van der Waals surface area contributed by atoms with Crippen LogP contribution in [0.4, 0.5) is 4.39 Å². The zero-order valence-corrected chi connectivity index (χ0v) is 12.8. The third-order valence-electron chi connectivity index (χ3n) is 4.91. The summed E-state index contributed by atoms with van der Waals surface area (Å²) in [5, 5.41) is 40.4. The van der Waals surface area contributed by atoms with Crippen molar-refractivity contribution in [3.8, 4) is 18.2 Å². The molecule has 6 heteroatoms. The molecule has 3 unspecified atom stereocenters. The SMILES string of the molecule is N#CC1C(=N)C(C#N)(C#N)C2=CCNCC2C1c1ccccc1F. The zero-order valence-electron chi connectivity index (χ0n) is 12.8. The first-order chi connectivity index (χ1) is 11.6. The highest BCUT2D eigenvalue weighted by atomic mass is 19.1. The molecule has 1 fully saturated rings. The first-order valence-electron chi connectivity index (χ1n) is 7.57. The van der Waals surface area contributed by atoms with Gasteiger partial charge in [-0.15, -0.1) is 0 Å². The van der Waals surface area contributed by atoms with Crippen molar-refractivity contribution >= 4 is 5.71 Å². The molecule has 0 amide bonds. The zero-order chi connectivity index (χ0) is 17.3. The van der Waals surface area contributed by atoms with Crippen molar-refractivity contribution < 1.29 is 4.39 Å². The van der Waals surface area contributed by atoms with Gasteiger partial charge in [-0.1, -0.05) is 24.3 Å². The maximum absolute atomic E-state index is 14.4. The van der Waals surface area contributed by atoms with Crippen LogP contribution in [0.15, 0.2) is 35.9 Å². The van der Waals surface area contributed by atoms with Crippen LogP contribution in [0.5, 0.6) is 0 Å². The monoisotopic (exact) mass is 319 g/mol. The predicted molar refractivity (Wildman–Crippen MR) is 84.1 cm³/mol. The molecule has 1 saturated carbocycles. The van der Waals surface area contributed by atoms with Crippen molar-refractivity contribution in [2.45, 2.75) is 5.92 Å². The molecule has 0 aromatic heterocycles. The number of rotatable bonds is 1. The molecular weight excluding hydrogens is 305 g/mol. The van der Waals surface area contributed by atoms with Gasteiger partial charge in [0.25, 0.3) is 0 Å². The van der Waals surface area contributed by atoms with Crippen molar-refractivity contribution in [1.82, 2.24) is 5.32 Å². The smallest absolute Gasteiger partial charge is 0.203 e. The first kappa shape index (κ1) is 15.9. The molecule has 118 valence electrons. The molecule has 0 bridgehead atoms. The van der Waals surface area contributed by atoms with E-state index in [1.54, 1.807) is 24.3 Å². The van der Waals surface area contributed by atoms with E-state index in [4.69, 9.17) is 5.41 Å². The van der Waals surface area contributed by atoms with E-state index in [-0.39, 0.29) is 11.6 Å². The Morgan fingerprint density at radius 2 is 1.92 bits per heavy atom. The number of nitrogens with one attached hydrogen (secondary N) is 2. The van der Waals surface area contributed by atoms with Crippen LogP contribution in [-0.4, -0.2) is 18.8 Å². The third-order valence-corrected chi connectivity index (χ3v) is 4.91. The summed E-state index contributed by atoms with van der Waals surface area (Å²) in [5.41, 5.74) is -1.14. The number of benzene rings is 1. The molecule has 2 aliphatic rings. The predicted octanol–water partition coefficient (Wildman–Crippen LogP) is 2.26. The van der Waals surface area contributed by atoms with Crippen molar-refractivity contribution in [1.29, 1.82) is 21.2 Å². The van der Waals surface area contributed by atoms with Crippen LogP contribution in [0.25, 0.3) is 0 Å². The minimum absolute atomic E-state index is 0.257. The van der Waals surface area contributed by atoms with E-state index in [1.807, 2.05) is 18.2 Å². The van der Waals surface area contributed by atoms with E-state index in [2.05, 4.69) is 5.32 Å². The maximum Gasteiger partial charge on any atom is 0.203 e. The summed E-state index contributed by atoms with van der Waals surface area (Å²) in [6.07, 6.45) is 1.73. The summed E-state index contributed by atoms with van der Waals surface area (Å²) >= 11 is 0. The largest absolute Gasteiger partial charge is 0.313 e. The summed E-state index contributed by atoms with van der Waals surface area (Å²) in [5.74, 6) is -2.45. The van der Waals surface area contributed by atoms with Gasteiger partial charge in [0, 0.05) is 24.9 Å². The highest BCUT2D eigenvalue weighted by Gasteiger charge is 2.56. The lowest BCUT2D eigenvalue weighted by Crippen LogP contribution is -2.51. The van der Waals surface area contributed by atoms with Crippen LogP contribution < -0.4 is 5.32 Å². The molecule has 0 saturated heterocycles. The lowest BCUT2D eigenvalue weighted by Gasteiger charge is -2.45. The van der Waals surface area contributed by atoms with E-state index < -0.39 is 23.1 Å². The topological polar surface area (TPSA) is 107 Å². The fourth-order valence-corrected chi connectivity index (χ4v) is 3.80. The van der Waals surface area contributed by atoms with Gasteiger partial charge in [0.2, 0.25) is 5.41 Å². The molecule has 1 heterocycles. The van der Waals surface area contributed by atoms with Gasteiger partial charge in [-0.2, -0.15) is 15.8 Å². The average molecular weight is 319 g/mol. The van der Waals surface area contributed by atoms with E-state index >= 15 is 0 Å². The van der Waals surface area contributed by atoms with Crippen LogP contribution in [0.2, 0.25) is 0 Å². The molecule has 1 aromatic carbocycles. The van der Waals surface area contributed by atoms with Crippen molar-refractivity contribution in [2.24, 2.45) is 17.3 Å². The fraction of sp³-hybridized carbons (Fsp3) is 0.333. The summed E-state index contributed by atoms with van der Waals surface area (Å²) < 4.78 is 14.4. The van der Waals surface area contributed by atoms with Gasteiger partial charge in [-0.3, -0.25) is 0 Å². The van der Waals surface area contributed by atoms with Crippen LogP contribution >= 0.6 is 0 Å². The number of hydrogen-bond acceptors (Lipinski definition) is 5. The maximum atomic E-state index is 14.4. The number of halogens is 1. The van der Waals surface area contributed by atoms with Crippen LogP contribution in [0.1, 0.15) is 11.5 Å². The number of nitrogens with zero attached hydrogens (tertiary/aromatic N) is 3. The third kappa shape index (κ3) is 2.03. The van der Waals surface area contributed by atoms with Crippen LogP contribution in [-0.2, 0) is 0 Å². The molecule has 24 heavy (non-hydrogen) atoms. The number of fused-ring (bicyclic) bond motifs is 1. The second-order valence-corrected chi connectivity index (χ2v) is 5.97. The van der Waals surface area contributed by atoms with Gasteiger partial charge >= 0.3 is 0 Å². The van der Waals surface area contributed by atoms with Crippen LogP contribution in [0.3, 0.4) is 0 Å². The Bertz CT molecular complexity index is 837. The van der Waals surface area contributed by atoms with Gasteiger partial charge in [-0.25, -0.2) is 4.39 Å². The highest BCUT2D eigenvalue weighted by molar-refractivity contribution is 6.01. The Morgan fingerprint density at radius 3 is 2.54 bits per heavy atom. The second-order valence-electron chi connectivity index (χ2n) is 5.97. The Hall–Kier alpha value is -3.01. The van der Waals surface area contributed by atoms with Gasteiger partial charge in [0.05, 0.1) is 29.8 Å². The van der Waals surface area contributed by atoms with Crippen molar-refractivity contribution in [3.63, 3.8) is 0 Å². The van der Waals surface area contributed by atoms with Crippen LogP contribution in [0, 0.1) is 62.5 Å². The molecule has 1 aliphatic carbocycles. The highest BCUT2D eigenvalue weighted by Crippen LogP contribution is 2.51. The Morgan fingerprint density at radius 1 is 1.21 bits per heavy atom. The molecule has 0 radical (unpaired) electrons. The summed E-state index contributed by atoms with van der Waals surface area (Å²) in [6.45, 7) is 0.910. The molecule has 1 aromatic rings. The molecule has 0 spiro atoms. The normalized spacial score (nSPS) is 27.8. The molecule has 5 nitrogen and oxygen atoms in total. The minimum Gasteiger partial charge on any atom is -0.313 e. The van der Waals surface area contributed by atoms with Gasteiger partial charge in [0.1, 0.15) is 5.82 Å². The average Bonchev–Trinajstić information content (AvgIpc) is 2.62. The molecule has 3 rings (SSSR count). The van der Waals surface area contributed by atoms with E-state index in [1.165, 1.54) is 6.07 Å². The summed E-state index contributed by atoms with van der Waals surface area (Å²) in [6, 6.07) is 12.1. The molecular formula is C18H14FN5. The second kappa shape index (κ2) is 5.89. The minimum atomic E-state index is -1.74. The molecule has 1 aliphatic heterocycles. The summed E-state index contributed by atoms with van der Waals surface area (Å²) in [4.78, 5) is 0. The van der Waals surface area contributed by atoms with Crippen molar-refractivity contribution in [3.05, 3.63) is 47.3 Å². The number of hydrogen-bond donors (Lipinski definition) is 2. The van der Waals surface area contributed by atoms with Crippen molar-refractivity contribution in [2.75, 3.05) is 13.1 Å².